The zero-order chi connectivity index (χ0) is 29.6. The first-order valence-corrected chi connectivity index (χ1v) is 17.2. The van der Waals surface area contributed by atoms with Gasteiger partial charge in [-0.15, -0.1) is 0 Å². The molecule has 2 aromatic carbocycles. The fourth-order valence-corrected chi connectivity index (χ4v) is 7.26. The van der Waals surface area contributed by atoms with Crippen LogP contribution in [-0.4, -0.2) is 83.6 Å². The van der Waals surface area contributed by atoms with E-state index in [1.807, 2.05) is 24.3 Å². The zero-order valence-electron chi connectivity index (χ0n) is 24.3. The van der Waals surface area contributed by atoms with E-state index in [4.69, 9.17) is 14.5 Å². The molecule has 2 aliphatic heterocycles. The van der Waals surface area contributed by atoms with Crippen LogP contribution in [0.25, 0.3) is 11.0 Å². The standard InChI is InChI=1S/C29H34BrN8O3P/c1-17(2)37-10-11-38-18(15-37)16-41-25-12-22(24(40-3)13-23(25)38)35-29-33-14-19(30)28(36-29)34-21-7-6-20-26(32-9-8-31-20)27(21)42(4,5)39/h6-9,12-14,17-18H,10-11,15-16H2,1-5H3,(H2,33,34,35,36)/t18-/m0/s1. The lowest BCUT2D eigenvalue weighted by Gasteiger charge is -2.46. The summed E-state index contributed by atoms with van der Waals surface area (Å²) < 4.78 is 26.0. The second-order valence-corrected chi connectivity index (χ2v) is 15.1. The maximum absolute atomic E-state index is 13.4. The second-order valence-electron chi connectivity index (χ2n) is 11.1. The minimum atomic E-state index is -2.74. The van der Waals surface area contributed by atoms with Crippen molar-refractivity contribution in [2.75, 3.05) is 62.2 Å². The topological polar surface area (TPSA) is 118 Å². The van der Waals surface area contributed by atoms with E-state index in [1.54, 1.807) is 39.0 Å². The Labute approximate surface area is 253 Å². The summed E-state index contributed by atoms with van der Waals surface area (Å²) >= 11 is 3.56. The number of fused-ring (bicyclic) bond motifs is 4. The maximum Gasteiger partial charge on any atom is 0.229 e. The SMILES string of the molecule is COc1cc2c(cc1Nc1ncc(Br)c(Nc3ccc4nccnc4c3P(C)(C)=O)n1)OC[C@@H]1CN(C(C)C)CCN21. The molecule has 2 N–H and O–H groups in total. The van der Waals surface area contributed by atoms with Gasteiger partial charge in [0.15, 0.2) is 0 Å². The van der Waals surface area contributed by atoms with Crippen LogP contribution in [0.2, 0.25) is 0 Å². The van der Waals surface area contributed by atoms with Crippen molar-refractivity contribution in [3.63, 3.8) is 0 Å². The molecule has 1 atom stereocenters. The zero-order valence-corrected chi connectivity index (χ0v) is 26.7. The predicted molar refractivity (Wildman–Crippen MR) is 171 cm³/mol. The molecule has 11 nitrogen and oxygen atoms in total. The lowest BCUT2D eigenvalue weighted by molar-refractivity contribution is 0.142. The number of rotatable bonds is 7. The van der Waals surface area contributed by atoms with Crippen LogP contribution in [0.4, 0.5) is 28.8 Å². The van der Waals surface area contributed by atoms with Crippen molar-refractivity contribution in [3.05, 3.63) is 47.3 Å². The molecule has 1 saturated heterocycles. The van der Waals surface area contributed by atoms with Crippen LogP contribution in [0.15, 0.2) is 47.3 Å². The van der Waals surface area contributed by atoms with Crippen molar-refractivity contribution in [2.45, 2.75) is 25.9 Å². The number of nitrogens with zero attached hydrogens (tertiary/aromatic N) is 6. The Bertz CT molecular complexity index is 1700. The smallest absolute Gasteiger partial charge is 0.229 e. The van der Waals surface area contributed by atoms with Gasteiger partial charge in [0, 0.05) is 56.4 Å². The number of benzene rings is 2. The summed E-state index contributed by atoms with van der Waals surface area (Å²) in [4.78, 5) is 23.0. The van der Waals surface area contributed by atoms with Crippen molar-refractivity contribution < 1.29 is 14.0 Å². The number of nitrogens with one attached hydrogen (secondary N) is 2. The largest absolute Gasteiger partial charge is 0.494 e. The van der Waals surface area contributed by atoms with Crippen LogP contribution in [0.5, 0.6) is 11.5 Å². The van der Waals surface area contributed by atoms with E-state index >= 15 is 0 Å². The molecule has 42 heavy (non-hydrogen) atoms. The van der Waals surface area contributed by atoms with E-state index < -0.39 is 7.14 Å². The Kier molecular flexibility index (Phi) is 7.72. The van der Waals surface area contributed by atoms with Gasteiger partial charge in [-0.25, -0.2) is 4.98 Å². The normalized spacial score (nSPS) is 17.0. The van der Waals surface area contributed by atoms with Gasteiger partial charge in [0.05, 0.1) is 45.5 Å². The van der Waals surface area contributed by atoms with E-state index in [0.717, 1.165) is 31.1 Å². The summed E-state index contributed by atoms with van der Waals surface area (Å²) in [5.41, 5.74) is 3.66. The second kappa shape index (κ2) is 11.3. The minimum Gasteiger partial charge on any atom is -0.494 e. The summed E-state index contributed by atoms with van der Waals surface area (Å²) in [5, 5.41) is 7.27. The van der Waals surface area contributed by atoms with Crippen molar-refractivity contribution >= 4 is 68.2 Å². The molecule has 2 aliphatic rings. The molecule has 0 bridgehead atoms. The summed E-state index contributed by atoms with van der Waals surface area (Å²) in [6, 6.07) is 8.48. The molecule has 4 aromatic rings. The average Bonchev–Trinajstić information content (AvgIpc) is 2.97. The van der Waals surface area contributed by atoms with Gasteiger partial charge in [0.1, 0.15) is 36.6 Å². The number of anilines is 5. The first kappa shape index (κ1) is 28.6. The van der Waals surface area contributed by atoms with E-state index in [1.165, 1.54) is 0 Å². The van der Waals surface area contributed by atoms with Crippen LogP contribution in [0.1, 0.15) is 13.8 Å². The maximum atomic E-state index is 13.4. The molecule has 6 rings (SSSR count). The molecule has 0 unspecified atom stereocenters. The van der Waals surface area contributed by atoms with E-state index in [0.29, 0.717) is 68.4 Å². The van der Waals surface area contributed by atoms with Crippen LogP contribution in [-0.2, 0) is 4.57 Å². The first-order chi connectivity index (χ1) is 20.1. The number of piperazine rings is 1. The quantitative estimate of drug-likeness (QED) is 0.256. The predicted octanol–water partition coefficient (Wildman–Crippen LogP) is 5.22. The van der Waals surface area contributed by atoms with E-state index in [2.05, 4.69) is 65.2 Å². The lowest BCUT2D eigenvalue weighted by atomic mass is 10.1. The molecular formula is C29H34BrN8O3P. The Morgan fingerprint density at radius 3 is 2.67 bits per heavy atom. The third-order valence-electron chi connectivity index (χ3n) is 7.66. The van der Waals surface area contributed by atoms with Gasteiger partial charge in [-0.2, -0.15) is 4.98 Å². The van der Waals surface area contributed by atoms with Gasteiger partial charge in [0.2, 0.25) is 5.95 Å². The van der Waals surface area contributed by atoms with Crippen LogP contribution < -0.4 is 30.3 Å². The number of aromatic nitrogens is 4. The fourth-order valence-electron chi connectivity index (χ4n) is 5.58. The molecule has 0 spiro atoms. The molecule has 4 heterocycles. The summed E-state index contributed by atoms with van der Waals surface area (Å²) in [6.45, 7) is 11.5. The molecule has 13 heteroatoms. The number of methoxy groups -OCH3 is 1. The molecule has 0 aliphatic carbocycles. The van der Waals surface area contributed by atoms with Crippen molar-refractivity contribution in [2.24, 2.45) is 0 Å². The Balaban J connectivity index is 1.29. The minimum absolute atomic E-state index is 0.299. The number of ether oxygens (including phenoxy) is 2. The molecule has 220 valence electrons. The molecule has 1 fully saturated rings. The summed E-state index contributed by atoms with van der Waals surface area (Å²) in [7, 11) is -1.09. The highest BCUT2D eigenvalue weighted by Crippen LogP contribution is 2.44. The number of halogens is 1. The number of hydrogen-bond acceptors (Lipinski definition) is 11. The van der Waals surface area contributed by atoms with Gasteiger partial charge in [-0.05, 0) is 55.2 Å². The monoisotopic (exact) mass is 652 g/mol. The first-order valence-electron chi connectivity index (χ1n) is 13.8. The third kappa shape index (κ3) is 5.50. The molecule has 0 radical (unpaired) electrons. The lowest BCUT2D eigenvalue weighted by Crippen LogP contribution is -2.58. The third-order valence-corrected chi connectivity index (χ3v) is 9.77. The van der Waals surface area contributed by atoms with Gasteiger partial charge in [0.25, 0.3) is 0 Å². The van der Waals surface area contributed by atoms with Crippen molar-refractivity contribution in [1.29, 1.82) is 0 Å². The Morgan fingerprint density at radius 1 is 1.10 bits per heavy atom. The number of hydrogen-bond donors (Lipinski definition) is 2. The van der Waals surface area contributed by atoms with Crippen LogP contribution in [0.3, 0.4) is 0 Å². The van der Waals surface area contributed by atoms with Crippen LogP contribution >= 0.6 is 23.1 Å². The van der Waals surface area contributed by atoms with Crippen LogP contribution in [0, 0.1) is 0 Å². The fraction of sp³-hybridized carbons (Fsp3) is 0.379. The van der Waals surface area contributed by atoms with Gasteiger partial charge < -0.3 is 29.6 Å². The molecule has 0 saturated carbocycles. The molecular weight excluding hydrogens is 619 g/mol. The highest BCUT2D eigenvalue weighted by Gasteiger charge is 2.34. The highest BCUT2D eigenvalue weighted by molar-refractivity contribution is 9.10. The van der Waals surface area contributed by atoms with Gasteiger partial charge in [-0.3, -0.25) is 14.9 Å². The Hall–Kier alpha value is -3.47. The summed E-state index contributed by atoms with van der Waals surface area (Å²) in [6.07, 6.45) is 4.89. The van der Waals surface area contributed by atoms with Crippen molar-refractivity contribution in [1.82, 2.24) is 24.8 Å². The molecule has 2 aromatic heterocycles. The average molecular weight is 654 g/mol. The highest BCUT2D eigenvalue weighted by atomic mass is 79.9. The van der Waals surface area contributed by atoms with Gasteiger partial charge >= 0.3 is 0 Å². The van der Waals surface area contributed by atoms with E-state index in [9.17, 15) is 4.57 Å². The molecule has 0 amide bonds. The summed E-state index contributed by atoms with van der Waals surface area (Å²) in [5.74, 6) is 2.33. The van der Waals surface area contributed by atoms with E-state index in [-0.39, 0.29) is 0 Å². The van der Waals surface area contributed by atoms with Crippen molar-refractivity contribution in [3.8, 4) is 11.5 Å². The van der Waals surface area contributed by atoms with Gasteiger partial charge in [-0.1, -0.05) is 0 Å². The Morgan fingerprint density at radius 2 is 1.90 bits per heavy atom.